The van der Waals surface area contributed by atoms with Gasteiger partial charge in [-0.3, -0.25) is 9.59 Å². The molecule has 0 saturated heterocycles. The maximum absolute atomic E-state index is 11.7. The van der Waals surface area contributed by atoms with Gasteiger partial charge in [-0.25, -0.2) is 0 Å². The summed E-state index contributed by atoms with van der Waals surface area (Å²) in [6.07, 6.45) is 0.352. The summed E-state index contributed by atoms with van der Waals surface area (Å²) in [5.74, 6) is -0.430. The summed E-state index contributed by atoms with van der Waals surface area (Å²) in [5.41, 5.74) is 0.834. The Morgan fingerprint density at radius 1 is 1.19 bits per heavy atom. The van der Waals surface area contributed by atoms with E-state index in [1.54, 1.807) is 18.2 Å². The Hall–Kier alpha value is -1.89. The number of carboxylic acids is 1. The quantitative estimate of drug-likeness (QED) is 0.730. The van der Waals surface area contributed by atoms with Crippen LogP contribution < -0.4 is 9.47 Å². The maximum atomic E-state index is 11.7. The number of thioether (sulfide) groups is 1. The van der Waals surface area contributed by atoms with Gasteiger partial charge >= 0.3 is 11.9 Å². The number of hydrogen-bond acceptors (Lipinski definition) is 6. The number of ether oxygens (including phenoxy) is 3. The van der Waals surface area contributed by atoms with Crippen LogP contribution >= 0.6 is 11.8 Å². The van der Waals surface area contributed by atoms with Crippen molar-refractivity contribution in [1.82, 2.24) is 0 Å². The molecule has 21 heavy (non-hydrogen) atoms. The minimum absolute atomic E-state index is 0.160. The minimum Gasteiger partial charge on any atom is -0.493 e. The number of carboxylic acid groups (broad SMARTS) is 1. The monoisotopic (exact) mass is 314 g/mol. The second-order valence-corrected chi connectivity index (χ2v) is 5.30. The summed E-state index contributed by atoms with van der Waals surface area (Å²) in [7, 11) is 4.35. The molecule has 1 aromatic carbocycles. The fourth-order valence-corrected chi connectivity index (χ4v) is 2.62. The van der Waals surface area contributed by atoms with Gasteiger partial charge in [0, 0.05) is 0 Å². The molecule has 7 heteroatoms. The number of rotatable bonds is 8. The van der Waals surface area contributed by atoms with Gasteiger partial charge < -0.3 is 19.3 Å². The molecule has 0 amide bonds. The van der Waals surface area contributed by atoms with Crippen molar-refractivity contribution in [2.45, 2.75) is 11.7 Å². The van der Waals surface area contributed by atoms with Crippen molar-refractivity contribution in [3.05, 3.63) is 23.8 Å². The summed E-state index contributed by atoms with van der Waals surface area (Å²) < 4.78 is 15.1. The molecule has 1 aromatic rings. The molecule has 1 atom stereocenters. The molecule has 6 nitrogen and oxygen atoms in total. The fraction of sp³-hybridized carbons (Fsp3) is 0.429. The van der Waals surface area contributed by atoms with E-state index in [-0.39, 0.29) is 5.75 Å². The average molecular weight is 314 g/mol. The summed E-state index contributed by atoms with van der Waals surface area (Å²) in [5, 5.41) is 8.14. The minimum atomic E-state index is -0.971. The number of esters is 1. The van der Waals surface area contributed by atoms with Crippen LogP contribution in [0.1, 0.15) is 5.56 Å². The molecule has 0 saturated carbocycles. The maximum Gasteiger partial charge on any atom is 0.319 e. The van der Waals surface area contributed by atoms with E-state index >= 15 is 0 Å². The lowest BCUT2D eigenvalue weighted by atomic mass is 10.1. The molecule has 0 aliphatic heterocycles. The van der Waals surface area contributed by atoms with Gasteiger partial charge in [0.15, 0.2) is 11.5 Å². The first-order valence-corrected chi connectivity index (χ1v) is 7.18. The third kappa shape index (κ3) is 5.18. The Bertz CT molecular complexity index is 502. The van der Waals surface area contributed by atoms with Gasteiger partial charge in [0.25, 0.3) is 0 Å². The Kier molecular flexibility index (Phi) is 6.87. The molecule has 0 aliphatic rings. The highest BCUT2D eigenvalue weighted by Crippen LogP contribution is 2.29. The molecule has 0 radical (unpaired) electrons. The van der Waals surface area contributed by atoms with Crippen LogP contribution in [0.25, 0.3) is 0 Å². The molecule has 0 fully saturated rings. The Morgan fingerprint density at radius 3 is 2.38 bits per heavy atom. The van der Waals surface area contributed by atoms with E-state index in [0.29, 0.717) is 17.9 Å². The lowest BCUT2D eigenvalue weighted by Gasteiger charge is -2.15. The van der Waals surface area contributed by atoms with Gasteiger partial charge in [-0.1, -0.05) is 6.07 Å². The Balaban J connectivity index is 2.87. The summed E-state index contributed by atoms with van der Waals surface area (Å²) in [6.45, 7) is 0. The van der Waals surface area contributed by atoms with Crippen LogP contribution in [0.2, 0.25) is 0 Å². The van der Waals surface area contributed by atoms with Crippen molar-refractivity contribution < 1.29 is 28.9 Å². The third-order valence-corrected chi connectivity index (χ3v) is 3.92. The van der Waals surface area contributed by atoms with Gasteiger partial charge in [0.05, 0.1) is 27.1 Å². The van der Waals surface area contributed by atoms with Crippen LogP contribution in [0.4, 0.5) is 0 Å². The van der Waals surface area contributed by atoms with Crippen LogP contribution in [0.3, 0.4) is 0 Å². The standard InChI is InChI=1S/C14H18O6S/c1-18-10-5-4-9(6-11(10)19-2)7-12(14(17)20-3)21-8-13(15)16/h4-6,12H,7-8H2,1-3H3,(H,15,16). The molecule has 1 rings (SSSR count). The highest BCUT2D eigenvalue weighted by molar-refractivity contribution is 8.01. The molecule has 1 unspecified atom stereocenters. The first-order valence-electron chi connectivity index (χ1n) is 6.14. The van der Waals surface area contributed by atoms with E-state index in [9.17, 15) is 9.59 Å². The molecule has 0 spiro atoms. The van der Waals surface area contributed by atoms with E-state index in [1.165, 1.54) is 21.3 Å². The van der Waals surface area contributed by atoms with Crippen LogP contribution in [0.5, 0.6) is 11.5 Å². The van der Waals surface area contributed by atoms with E-state index in [4.69, 9.17) is 19.3 Å². The largest absolute Gasteiger partial charge is 0.493 e. The van der Waals surface area contributed by atoms with Crippen molar-refractivity contribution in [2.24, 2.45) is 0 Å². The third-order valence-electron chi connectivity index (χ3n) is 2.74. The van der Waals surface area contributed by atoms with Gasteiger partial charge in [0.1, 0.15) is 5.25 Å². The average Bonchev–Trinajstić information content (AvgIpc) is 2.50. The molecule has 1 N–H and O–H groups in total. The first kappa shape index (κ1) is 17.2. The van der Waals surface area contributed by atoms with Crippen molar-refractivity contribution >= 4 is 23.7 Å². The summed E-state index contributed by atoms with van der Waals surface area (Å²) >= 11 is 1.03. The topological polar surface area (TPSA) is 82.1 Å². The van der Waals surface area contributed by atoms with E-state index < -0.39 is 17.2 Å². The van der Waals surface area contributed by atoms with E-state index in [1.807, 2.05) is 0 Å². The van der Waals surface area contributed by atoms with Gasteiger partial charge in [-0.15, -0.1) is 11.8 Å². The Labute approximate surface area is 127 Å². The smallest absolute Gasteiger partial charge is 0.319 e. The Morgan fingerprint density at radius 2 is 1.86 bits per heavy atom. The number of benzene rings is 1. The summed E-state index contributed by atoms with van der Waals surface area (Å²) in [6, 6.07) is 5.30. The highest BCUT2D eigenvalue weighted by atomic mass is 32.2. The number of hydrogen-bond donors (Lipinski definition) is 1. The molecule has 116 valence electrons. The summed E-state index contributed by atoms with van der Waals surface area (Å²) in [4.78, 5) is 22.4. The van der Waals surface area contributed by atoms with Crippen molar-refractivity contribution in [2.75, 3.05) is 27.1 Å². The van der Waals surface area contributed by atoms with Crippen molar-refractivity contribution in [3.63, 3.8) is 0 Å². The highest BCUT2D eigenvalue weighted by Gasteiger charge is 2.22. The predicted octanol–water partition coefficient (Wildman–Crippen LogP) is 1.61. The predicted molar refractivity (Wildman–Crippen MR) is 79.1 cm³/mol. The normalized spacial score (nSPS) is 11.6. The van der Waals surface area contributed by atoms with Gasteiger partial charge in [-0.05, 0) is 24.1 Å². The lowest BCUT2D eigenvalue weighted by molar-refractivity contribution is -0.139. The SMILES string of the molecule is COC(=O)C(Cc1ccc(OC)c(OC)c1)SCC(=O)O. The number of methoxy groups -OCH3 is 3. The molecule has 0 aliphatic carbocycles. The van der Waals surface area contributed by atoms with Crippen LogP contribution in [0, 0.1) is 0 Å². The van der Waals surface area contributed by atoms with E-state index in [2.05, 4.69) is 0 Å². The first-order chi connectivity index (χ1) is 10.0. The van der Waals surface area contributed by atoms with Crippen LogP contribution in [-0.4, -0.2) is 49.4 Å². The number of aliphatic carboxylic acids is 1. The molecular formula is C14H18O6S. The van der Waals surface area contributed by atoms with Crippen LogP contribution in [0.15, 0.2) is 18.2 Å². The zero-order valence-corrected chi connectivity index (χ0v) is 12.9. The lowest BCUT2D eigenvalue weighted by Crippen LogP contribution is -2.23. The fourth-order valence-electron chi connectivity index (χ4n) is 1.74. The van der Waals surface area contributed by atoms with Crippen LogP contribution in [-0.2, 0) is 20.7 Å². The molecule has 0 bridgehead atoms. The molecule has 0 aromatic heterocycles. The van der Waals surface area contributed by atoms with Gasteiger partial charge in [0.2, 0.25) is 0 Å². The van der Waals surface area contributed by atoms with Crippen molar-refractivity contribution in [3.8, 4) is 11.5 Å². The zero-order valence-electron chi connectivity index (χ0n) is 12.1. The molecular weight excluding hydrogens is 296 g/mol. The van der Waals surface area contributed by atoms with Crippen molar-refractivity contribution in [1.29, 1.82) is 0 Å². The zero-order chi connectivity index (χ0) is 15.8. The number of carbonyl (C=O) groups excluding carboxylic acids is 1. The second-order valence-electron chi connectivity index (χ2n) is 4.11. The molecule has 0 heterocycles. The number of carbonyl (C=O) groups is 2. The second kappa shape index (κ2) is 8.41. The van der Waals surface area contributed by atoms with E-state index in [0.717, 1.165) is 17.3 Å². The van der Waals surface area contributed by atoms with Gasteiger partial charge in [-0.2, -0.15) is 0 Å².